The van der Waals surface area contributed by atoms with E-state index in [1.165, 1.54) is 37.5 Å². The zero-order chi connectivity index (χ0) is 10.3. The van der Waals surface area contributed by atoms with Gasteiger partial charge in [0.2, 0.25) is 0 Å². The largest absolute Gasteiger partial charge is 0.315 e. The maximum atomic E-state index is 4.40. The number of fused-ring (bicyclic) bond motifs is 1. The molecule has 1 fully saturated rings. The molecule has 1 saturated heterocycles. The number of hydrogen-bond acceptors (Lipinski definition) is 3. The molecule has 4 nitrogen and oxygen atoms in total. The van der Waals surface area contributed by atoms with Crippen LogP contribution < -0.4 is 0 Å². The van der Waals surface area contributed by atoms with Gasteiger partial charge in [-0.25, -0.2) is 0 Å². The van der Waals surface area contributed by atoms with Crippen molar-refractivity contribution in [3.8, 4) is 0 Å². The molecule has 0 radical (unpaired) electrons. The third-order valence-electron chi connectivity index (χ3n) is 3.64. The van der Waals surface area contributed by atoms with E-state index < -0.39 is 0 Å². The van der Waals surface area contributed by atoms with Crippen molar-refractivity contribution in [2.45, 2.75) is 38.1 Å². The Kier molecular flexibility index (Phi) is 2.24. The van der Waals surface area contributed by atoms with Gasteiger partial charge in [-0.05, 0) is 32.9 Å². The predicted octanol–water partition coefficient (Wildman–Crippen LogP) is 1.03. The highest BCUT2D eigenvalue weighted by molar-refractivity contribution is 5.06. The van der Waals surface area contributed by atoms with Crippen LogP contribution in [0.2, 0.25) is 0 Å². The lowest BCUT2D eigenvalue weighted by molar-refractivity contribution is 0.405. The minimum absolute atomic E-state index is 0.620. The minimum Gasteiger partial charge on any atom is -0.315 e. The van der Waals surface area contributed by atoms with Gasteiger partial charge in [0.05, 0.1) is 0 Å². The summed E-state index contributed by atoms with van der Waals surface area (Å²) in [5, 5.41) is 8.72. The molecule has 0 aromatic carbocycles. The summed E-state index contributed by atoms with van der Waals surface area (Å²) < 4.78 is 2.37. The first kappa shape index (κ1) is 9.33. The van der Waals surface area contributed by atoms with Gasteiger partial charge in [-0.1, -0.05) is 0 Å². The first-order valence-corrected chi connectivity index (χ1v) is 5.95. The van der Waals surface area contributed by atoms with Crippen LogP contribution in [-0.2, 0) is 13.0 Å². The number of nitrogens with zero attached hydrogens (tertiary/aromatic N) is 4. The summed E-state index contributed by atoms with van der Waals surface area (Å²) in [7, 11) is 2.19. The highest BCUT2D eigenvalue weighted by Gasteiger charge is 2.27. The second-order valence-electron chi connectivity index (χ2n) is 4.83. The molecule has 0 N–H and O–H groups in total. The van der Waals surface area contributed by atoms with E-state index in [1.54, 1.807) is 0 Å². The van der Waals surface area contributed by atoms with Crippen LogP contribution in [-0.4, -0.2) is 39.8 Å². The lowest BCUT2D eigenvalue weighted by Crippen LogP contribution is -2.18. The second kappa shape index (κ2) is 3.59. The van der Waals surface area contributed by atoms with Crippen LogP contribution in [0.15, 0.2) is 0 Å². The molecular formula is C11H18N4. The van der Waals surface area contributed by atoms with Crippen LogP contribution in [0, 0.1) is 0 Å². The normalized spacial score (nSPS) is 26.9. The molecule has 0 spiro atoms. The Morgan fingerprint density at radius 3 is 2.93 bits per heavy atom. The summed E-state index contributed by atoms with van der Waals surface area (Å²) in [6.45, 7) is 3.49. The van der Waals surface area contributed by atoms with E-state index in [1.807, 2.05) is 0 Å². The summed E-state index contributed by atoms with van der Waals surface area (Å²) in [5.74, 6) is 3.08. The predicted molar refractivity (Wildman–Crippen MR) is 57.8 cm³/mol. The SMILES string of the molecule is CN1CCC(c2nnc3n2CCCC3)C1. The Balaban J connectivity index is 1.88. The fourth-order valence-corrected chi connectivity index (χ4v) is 2.78. The van der Waals surface area contributed by atoms with Crippen LogP contribution in [0.4, 0.5) is 0 Å². The molecule has 82 valence electrons. The monoisotopic (exact) mass is 206 g/mol. The number of aromatic nitrogens is 3. The van der Waals surface area contributed by atoms with Crippen LogP contribution >= 0.6 is 0 Å². The van der Waals surface area contributed by atoms with Crippen molar-refractivity contribution >= 4 is 0 Å². The molecule has 3 heterocycles. The van der Waals surface area contributed by atoms with Crippen molar-refractivity contribution in [2.24, 2.45) is 0 Å². The molecule has 0 bridgehead atoms. The Morgan fingerprint density at radius 2 is 2.13 bits per heavy atom. The zero-order valence-electron chi connectivity index (χ0n) is 9.32. The summed E-state index contributed by atoms with van der Waals surface area (Å²) in [6.07, 6.45) is 4.94. The van der Waals surface area contributed by atoms with Crippen molar-refractivity contribution < 1.29 is 0 Å². The van der Waals surface area contributed by atoms with Crippen LogP contribution in [0.5, 0.6) is 0 Å². The molecule has 4 heteroatoms. The van der Waals surface area contributed by atoms with Crippen molar-refractivity contribution in [2.75, 3.05) is 20.1 Å². The van der Waals surface area contributed by atoms with E-state index in [0.717, 1.165) is 19.5 Å². The average Bonchev–Trinajstić information content (AvgIpc) is 2.83. The van der Waals surface area contributed by atoms with Gasteiger partial charge in [-0.2, -0.15) is 0 Å². The molecule has 0 amide bonds. The number of aryl methyl sites for hydroxylation is 1. The lowest BCUT2D eigenvalue weighted by atomic mass is 10.1. The Bertz CT molecular complexity index is 357. The number of likely N-dealkylation sites (N-methyl/N-ethyl adjacent to an activating group) is 1. The third kappa shape index (κ3) is 1.57. The number of rotatable bonds is 1. The van der Waals surface area contributed by atoms with Crippen molar-refractivity contribution in [1.29, 1.82) is 0 Å². The van der Waals surface area contributed by atoms with Gasteiger partial charge < -0.3 is 9.47 Å². The molecular weight excluding hydrogens is 188 g/mol. The smallest absolute Gasteiger partial charge is 0.137 e. The fourth-order valence-electron chi connectivity index (χ4n) is 2.78. The summed E-state index contributed by atoms with van der Waals surface area (Å²) >= 11 is 0. The molecule has 2 aliphatic heterocycles. The molecule has 1 aromatic heterocycles. The maximum absolute atomic E-state index is 4.40. The minimum atomic E-state index is 0.620. The van der Waals surface area contributed by atoms with E-state index in [-0.39, 0.29) is 0 Å². The van der Waals surface area contributed by atoms with Crippen molar-refractivity contribution in [3.63, 3.8) is 0 Å². The Hall–Kier alpha value is -0.900. The molecule has 1 atom stereocenters. The third-order valence-corrected chi connectivity index (χ3v) is 3.64. The van der Waals surface area contributed by atoms with E-state index in [0.29, 0.717) is 5.92 Å². The fraction of sp³-hybridized carbons (Fsp3) is 0.818. The van der Waals surface area contributed by atoms with Gasteiger partial charge in [0, 0.05) is 25.4 Å². The van der Waals surface area contributed by atoms with E-state index >= 15 is 0 Å². The van der Waals surface area contributed by atoms with Crippen molar-refractivity contribution in [3.05, 3.63) is 11.6 Å². The highest BCUT2D eigenvalue weighted by Crippen LogP contribution is 2.27. The number of hydrogen-bond donors (Lipinski definition) is 0. The molecule has 1 unspecified atom stereocenters. The summed E-state index contributed by atoms with van der Waals surface area (Å²) in [6, 6.07) is 0. The van der Waals surface area contributed by atoms with E-state index in [9.17, 15) is 0 Å². The van der Waals surface area contributed by atoms with Crippen LogP contribution in [0.1, 0.15) is 36.8 Å². The van der Waals surface area contributed by atoms with Gasteiger partial charge >= 0.3 is 0 Å². The first-order chi connectivity index (χ1) is 7.34. The molecule has 0 aliphatic carbocycles. The summed E-state index contributed by atoms with van der Waals surface area (Å²) in [4.78, 5) is 2.38. The summed E-state index contributed by atoms with van der Waals surface area (Å²) in [5.41, 5.74) is 0. The second-order valence-corrected chi connectivity index (χ2v) is 4.83. The Morgan fingerprint density at radius 1 is 1.20 bits per heavy atom. The van der Waals surface area contributed by atoms with Crippen LogP contribution in [0.3, 0.4) is 0 Å². The maximum Gasteiger partial charge on any atom is 0.137 e. The molecule has 2 aliphatic rings. The molecule has 0 saturated carbocycles. The van der Waals surface area contributed by atoms with Gasteiger partial charge in [-0.15, -0.1) is 10.2 Å². The molecule has 3 rings (SSSR count). The van der Waals surface area contributed by atoms with Gasteiger partial charge in [0.1, 0.15) is 11.6 Å². The van der Waals surface area contributed by atoms with Crippen molar-refractivity contribution in [1.82, 2.24) is 19.7 Å². The number of likely N-dealkylation sites (tertiary alicyclic amines) is 1. The average molecular weight is 206 g/mol. The van der Waals surface area contributed by atoms with Gasteiger partial charge in [0.25, 0.3) is 0 Å². The Labute approximate surface area is 90.3 Å². The van der Waals surface area contributed by atoms with E-state index in [2.05, 4.69) is 26.7 Å². The zero-order valence-corrected chi connectivity index (χ0v) is 9.32. The molecule has 15 heavy (non-hydrogen) atoms. The van der Waals surface area contributed by atoms with Gasteiger partial charge in [0.15, 0.2) is 0 Å². The van der Waals surface area contributed by atoms with E-state index in [4.69, 9.17) is 0 Å². The standard InChI is InChI=1S/C11H18N4/c1-14-7-5-9(8-14)11-13-12-10-4-2-3-6-15(10)11/h9H,2-8H2,1H3. The quantitative estimate of drug-likeness (QED) is 0.688. The lowest BCUT2D eigenvalue weighted by Gasteiger charge is -2.17. The topological polar surface area (TPSA) is 34.0 Å². The molecule has 1 aromatic rings. The first-order valence-electron chi connectivity index (χ1n) is 5.95. The van der Waals surface area contributed by atoms with Gasteiger partial charge in [-0.3, -0.25) is 0 Å². The van der Waals surface area contributed by atoms with Crippen LogP contribution in [0.25, 0.3) is 0 Å². The highest BCUT2D eigenvalue weighted by atomic mass is 15.3.